The summed E-state index contributed by atoms with van der Waals surface area (Å²) >= 11 is 0. The number of aliphatic hydroxyl groups is 1. The second kappa shape index (κ2) is 3.50. The Bertz CT molecular complexity index is 169. The molecular formula is C7H13NO3. The van der Waals surface area contributed by atoms with E-state index in [1.165, 1.54) is 0 Å². The first kappa shape index (κ1) is 10.1. The third-order valence-electron chi connectivity index (χ3n) is 1.73. The van der Waals surface area contributed by atoms with Crippen LogP contribution in [-0.2, 0) is 4.79 Å². The Kier molecular flexibility index (Phi) is 3.22. The third kappa shape index (κ3) is 1.78. The second-order valence-corrected chi connectivity index (χ2v) is 2.38. The summed E-state index contributed by atoms with van der Waals surface area (Å²) in [5, 5.41) is 17.7. The number of rotatable bonds is 4. The highest BCUT2D eigenvalue weighted by Crippen LogP contribution is 2.12. The fourth-order valence-electron chi connectivity index (χ4n) is 0.697. The van der Waals surface area contributed by atoms with Gasteiger partial charge in [-0.3, -0.25) is 4.79 Å². The van der Waals surface area contributed by atoms with Crippen LogP contribution in [0.4, 0.5) is 0 Å². The lowest BCUT2D eigenvalue weighted by molar-refractivity contribution is -0.146. The van der Waals surface area contributed by atoms with Crippen molar-refractivity contribution in [2.75, 3.05) is 0 Å². The molecule has 0 rings (SSSR count). The molecule has 0 aliphatic rings. The number of carboxylic acid groups (broad SMARTS) is 1. The first-order valence-electron chi connectivity index (χ1n) is 3.32. The van der Waals surface area contributed by atoms with E-state index >= 15 is 0 Å². The third-order valence-corrected chi connectivity index (χ3v) is 1.73. The van der Waals surface area contributed by atoms with Gasteiger partial charge in [-0.15, -0.1) is 6.58 Å². The quantitative estimate of drug-likeness (QED) is 0.493. The molecule has 4 N–H and O–H groups in total. The standard InChI is InChI=1S/C7H13NO3/c1-3-5(9)7(8,4-2)6(10)11/h3,5,9H,1,4,8H2,2H3,(H,10,11). The number of carbonyl (C=O) groups is 1. The number of carboxylic acids is 1. The molecule has 0 bridgehead atoms. The monoisotopic (exact) mass is 159 g/mol. The van der Waals surface area contributed by atoms with Crippen LogP contribution < -0.4 is 5.73 Å². The van der Waals surface area contributed by atoms with Crippen molar-refractivity contribution < 1.29 is 15.0 Å². The van der Waals surface area contributed by atoms with Gasteiger partial charge in [0.25, 0.3) is 0 Å². The Morgan fingerprint density at radius 2 is 2.36 bits per heavy atom. The highest BCUT2D eigenvalue weighted by molar-refractivity contribution is 5.79. The Hall–Kier alpha value is -0.870. The van der Waals surface area contributed by atoms with Crippen molar-refractivity contribution >= 4 is 5.97 Å². The minimum Gasteiger partial charge on any atom is -0.480 e. The maximum Gasteiger partial charge on any atom is 0.326 e. The normalized spacial score (nSPS) is 18.5. The van der Waals surface area contributed by atoms with Gasteiger partial charge >= 0.3 is 5.97 Å². The lowest BCUT2D eigenvalue weighted by Crippen LogP contribution is -2.56. The van der Waals surface area contributed by atoms with Gasteiger partial charge in [0, 0.05) is 0 Å². The van der Waals surface area contributed by atoms with Crippen LogP contribution in [0.2, 0.25) is 0 Å². The van der Waals surface area contributed by atoms with E-state index in [4.69, 9.17) is 15.9 Å². The smallest absolute Gasteiger partial charge is 0.326 e. The van der Waals surface area contributed by atoms with Gasteiger partial charge in [0.05, 0.1) is 0 Å². The summed E-state index contributed by atoms with van der Waals surface area (Å²) < 4.78 is 0. The summed E-state index contributed by atoms with van der Waals surface area (Å²) in [6.07, 6.45) is 0.0812. The summed E-state index contributed by atoms with van der Waals surface area (Å²) in [5.74, 6) is -1.22. The van der Waals surface area contributed by atoms with Crippen LogP contribution in [0.5, 0.6) is 0 Å². The lowest BCUT2D eigenvalue weighted by Gasteiger charge is -2.26. The zero-order valence-electron chi connectivity index (χ0n) is 6.45. The van der Waals surface area contributed by atoms with Crippen molar-refractivity contribution in [2.45, 2.75) is 25.0 Å². The predicted octanol–water partition coefficient (Wildman–Crippen LogP) is -0.275. The summed E-state index contributed by atoms with van der Waals surface area (Å²) in [4.78, 5) is 10.5. The number of aliphatic carboxylic acids is 1. The molecule has 64 valence electrons. The average molecular weight is 159 g/mol. The minimum absolute atomic E-state index is 0.162. The molecule has 0 saturated heterocycles. The molecule has 0 spiro atoms. The van der Waals surface area contributed by atoms with Crippen LogP contribution in [0.15, 0.2) is 12.7 Å². The Morgan fingerprint density at radius 1 is 1.91 bits per heavy atom. The lowest BCUT2D eigenvalue weighted by atomic mass is 9.91. The summed E-state index contributed by atoms with van der Waals surface area (Å²) in [5.41, 5.74) is 3.78. The van der Waals surface area contributed by atoms with E-state index in [1.54, 1.807) is 6.92 Å². The van der Waals surface area contributed by atoms with Crippen LogP contribution in [-0.4, -0.2) is 27.8 Å². The molecule has 0 radical (unpaired) electrons. The van der Waals surface area contributed by atoms with Gasteiger partial charge < -0.3 is 15.9 Å². The molecule has 0 aliphatic heterocycles. The van der Waals surface area contributed by atoms with Crippen molar-refractivity contribution in [2.24, 2.45) is 5.73 Å². The van der Waals surface area contributed by atoms with E-state index in [0.29, 0.717) is 0 Å². The topological polar surface area (TPSA) is 83.5 Å². The molecule has 11 heavy (non-hydrogen) atoms. The van der Waals surface area contributed by atoms with Gasteiger partial charge in [0.15, 0.2) is 0 Å². The summed E-state index contributed by atoms with van der Waals surface area (Å²) in [7, 11) is 0. The van der Waals surface area contributed by atoms with Gasteiger partial charge in [-0.2, -0.15) is 0 Å². The van der Waals surface area contributed by atoms with E-state index in [-0.39, 0.29) is 6.42 Å². The Labute approximate surface area is 65.3 Å². The SMILES string of the molecule is C=CC(O)C(N)(CC)C(=O)O. The molecule has 0 amide bonds. The fourth-order valence-corrected chi connectivity index (χ4v) is 0.697. The predicted molar refractivity (Wildman–Crippen MR) is 41.0 cm³/mol. The molecule has 2 unspecified atom stereocenters. The molecule has 0 fully saturated rings. The molecule has 4 nitrogen and oxygen atoms in total. The second-order valence-electron chi connectivity index (χ2n) is 2.38. The highest BCUT2D eigenvalue weighted by atomic mass is 16.4. The average Bonchev–Trinajstić information content (AvgIpc) is 2.01. The van der Waals surface area contributed by atoms with Crippen molar-refractivity contribution in [3.8, 4) is 0 Å². The summed E-state index contributed by atoms with van der Waals surface area (Å²) in [6, 6.07) is 0. The maximum atomic E-state index is 10.5. The van der Waals surface area contributed by atoms with Gasteiger partial charge in [0.1, 0.15) is 11.6 Å². The fraction of sp³-hybridized carbons (Fsp3) is 0.571. The van der Waals surface area contributed by atoms with Crippen LogP contribution in [0, 0.1) is 0 Å². The van der Waals surface area contributed by atoms with Crippen molar-refractivity contribution in [3.05, 3.63) is 12.7 Å². The zero-order chi connectivity index (χ0) is 9.07. The molecule has 0 aromatic heterocycles. The largest absolute Gasteiger partial charge is 0.480 e. The van der Waals surface area contributed by atoms with Gasteiger partial charge in [-0.05, 0) is 6.42 Å². The Balaban J connectivity index is 4.58. The number of hydrogen-bond acceptors (Lipinski definition) is 3. The molecule has 2 atom stereocenters. The number of hydrogen-bond donors (Lipinski definition) is 3. The molecule has 0 heterocycles. The van der Waals surface area contributed by atoms with E-state index in [0.717, 1.165) is 6.08 Å². The molecule has 4 heteroatoms. The van der Waals surface area contributed by atoms with E-state index in [9.17, 15) is 4.79 Å². The van der Waals surface area contributed by atoms with Crippen LogP contribution in [0.25, 0.3) is 0 Å². The van der Waals surface area contributed by atoms with Gasteiger partial charge in [-0.1, -0.05) is 13.0 Å². The molecule has 0 aromatic rings. The minimum atomic E-state index is -1.60. The van der Waals surface area contributed by atoms with Crippen LogP contribution in [0.1, 0.15) is 13.3 Å². The van der Waals surface area contributed by atoms with Crippen molar-refractivity contribution in [3.63, 3.8) is 0 Å². The first-order chi connectivity index (χ1) is 4.99. The summed E-state index contributed by atoms with van der Waals surface area (Å²) in [6.45, 7) is 4.86. The van der Waals surface area contributed by atoms with Crippen LogP contribution >= 0.6 is 0 Å². The number of nitrogens with two attached hydrogens (primary N) is 1. The van der Waals surface area contributed by atoms with E-state index in [2.05, 4.69) is 6.58 Å². The van der Waals surface area contributed by atoms with E-state index < -0.39 is 17.6 Å². The molecule has 0 saturated carbocycles. The van der Waals surface area contributed by atoms with Crippen molar-refractivity contribution in [1.29, 1.82) is 0 Å². The Morgan fingerprint density at radius 3 is 2.45 bits per heavy atom. The van der Waals surface area contributed by atoms with Crippen LogP contribution in [0.3, 0.4) is 0 Å². The number of aliphatic hydroxyl groups excluding tert-OH is 1. The molecular weight excluding hydrogens is 146 g/mol. The zero-order valence-corrected chi connectivity index (χ0v) is 6.45. The van der Waals surface area contributed by atoms with E-state index in [1.807, 2.05) is 0 Å². The molecule has 0 aromatic carbocycles. The van der Waals surface area contributed by atoms with Crippen molar-refractivity contribution in [1.82, 2.24) is 0 Å². The molecule has 0 aliphatic carbocycles. The first-order valence-corrected chi connectivity index (χ1v) is 3.32. The maximum absolute atomic E-state index is 10.5. The highest BCUT2D eigenvalue weighted by Gasteiger charge is 2.38. The van der Waals surface area contributed by atoms with Gasteiger partial charge in [-0.25, -0.2) is 0 Å². The van der Waals surface area contributed by atoms with Gasteiger partial charge in [0.2, 0.25) is 0 Å².